The summed E-state index contributed by atoms with van der Waals surface area (Å²) >= 11 is 0. The number of carbonyl (C=O) groups excluding carboxylic acids is 1. The number of likely N-dealkylation sites (tertiary alicyclic amines) is 1. The first-order chi connectivity index (χ1) is 9.38. The van der Waals surface area contributed by atoms with Crippen LogP contribution >= 0.6 is 0 Å². The van der Waals surface area contributed by atoms with E-state index in [2.05, 4.69) is 0 Å². The van der Waals surface area contributed by atoms with Gasteiger partial charge < -0.3 is 10.0 Å². The fourth-order valence-corrected chi connectivity index (χ4v) is 2.64. The van der Waals surface area contributed by atoms with Crippen molar-refractivity contribution in [1.29, 1.82) is 0 Å². The minimum atomic E-state index is -0.904. The highest BCUT2D eigenvalue weighted by atomic mass is 19.1. The second-order valence-corrected chi connectivity index (χ2v) is 5.73. The molecule has 2 rings (SSSR count). The molecular formula is C16H20FNO2. The zero-order valence-corrected chi connectivity index (χ0v) is 11.8. The summed E-state index contributed by atoms with van der Waals surface area (Å²) in [5.41, 5.74) is -0.254. The molecule has 0 spiro atoms. The van der Waals surface area contributed by atoms with Gasteiger partial charge >= 0.3 is 0 Å². The summed E-state index contributed by atoms with van der Waals surface area (Å²) < 4.78 is 13.0. The Labute approximate surface area is 118 Å². The Balaban J connectivity index is 2.08. The molecular weight excluding hydrogens is 257 g/mol. The summed E-state index contributed by atoms with van der Waals surface area (Å²) in [7, 11) is 0. The summed E-state index contributed by atoms with van der Waals surface area (Å²) in [6, 6.07) is 5.93. The predicted molar refractivity (Wildman–Crippen MR) is 76.5 cm³/mol. The van der Waals surface area contributed by atoms with Crippen molar-refractivity contribution in [2.45, 2.75) is 38.3 Å². The number of benzene rings is 1. The van der Waals surface area contributed by atoms with Gasteiger partial charge in [-0.2, -0.15) is 0 Å². The summed E-state index contributed by atoms with van der Waals surface area (Å²) in [6.07, 6.45) is 4.75. The van der Waals surface area contributed by atoms with Crippen LogP contribution in [-0.2, 0) is 4.79 Å². The molecule has 0 saturated carbocycles. The second kappa shape index (κ2) is 5.75. The van der Waals surface area contributed by atoms with E-state index in [1.54, 1.807) is 37.0 Å². The smallest absolute Gasteiger partial charge is 0.246 e. The SMILES string of the molecule is CC(C)(O)C1CCCN1C(=O)/C=C/c1cccc(F)c1. The molecule has 1 heterocycles. The van der Waals surface area contributed by atoms with Crippen molar-refractivity contribution >= 4 is 12.0 Å². The third-order valence-electron chi connectivity index (χ3n) is 3.62. The van der Waals surface area contributed by atoms with Crippen LogP contribution in [0.15, 0.2) is 30.3 Å². The molecule has 1 aliphatic rings. The number of carbonyl (C=O) groups is 1. The molecule has 1 atom stereocenters. The number of nitrogens with zero attached hydrogens (tertiary/aromatic N) is 1. The number of amides is 1. The van der Waals surface area contributed by atoms with Gasteiger partial charge in [0.15, 0.2) is 0 Å². The molecule has 0 bridgehead atoms. The summed E-state index contributed by atoms with van der Waals surface area (Å²) in [5.74, 6) is -0.464. The topological polar surface area (TPSA) is 40.5 Å². The van der Waals surface area contributed by atoms with E-state index in [-0.39, 0.29) is 17.8 Å². The number of hydrogen-bond acceptors (Lipinski definition) is 2. The lowest BCUT2D eigenvalue weighted by molar-refractivity contribution is -0.131. The minimum absolute atomic E-state index is 0.140. The molecule has 4 heteroatoms. The van der Waals surface area contributed by atoms with Gasteiger partial charge in [0.25, 0.3) is 0 Å². The molecule has 1 unspecified atom stereocenters. The van der Waals surface area contributed by atoms with Crippen LogP contribution in [-0.4, -0.2) is 34.1 Å². The fourth-order valence-electron chi connectivity index (χ4n) is 2.64. The van der Waals surface area contributed by atoms with Crippen LogP contribution in [0.5, 0.6) is 0 Å². The monoisotopic (exact) mass is 277 g/mol. The lowest BCUT2D eigenvalue weighted by atomic mass is 9.96. The number of aliphatic hydroxyl groups is 1. The van der Waals surface area contributed by atoms with Gasteiger partial charge in [0, 0.05) is 12.6 Å². The van der Waals surface area contributed by atoms with Gasteiger partial charge in [0.1, 0.15) is 5.82 Å². The third-order valence-corrected chi connectivity index (χ3v) is 3.62. The van der Waals surface area contributed by atoms with Crippen LogP contribution in [0.25, 0.3) is 6.08 Å². The van der Waals surface area contributed by atoms with Gasteiger partial charge in [0.05, 0.1) is 11.6 Å². The van der Waals surface area contributed by atoms with Crippen molar-refractivity contribution in [3.8, 4) is 0 Å². The number of rotatable bonds is 3. The fraction of sp³-hybridized carbons (Fsp3) is 0.438. The average molecular weight is 277 g/mol. The van der Waals surface area contributed by atoms with Crippen LogP contribution in [0.2, 0.25) is 0 Å². The highest BCUT2D eigenvalue weighted by Crippen LogP contribution is 2.27. The largest absolute Gasteiger partial charge is 0.388 e. The van der Waals surface area contributed by atoms with E-state index in [0.717, 1.165) is 12.8 Å². The lowest BCUT2D eigenvalue weighted by Gasteiger charge is -2.33. The molecule has 1 N–H and O–H groups in total. The molecule has 1 fully saturated rings. The lowest BCUT2D eigenvalue weighted by Crippen LogP contribution is -2.47. The Morgan fingerprint density at radius 1 is 1.50 bits per heavy atom. The molecule has 0 aliphatic carbocycles. The molecule has 1 aromatic rings. The molecule has 1 amide bonds. The van der Waals surface area contributed by atoms with Gasteiger partial charge in [-0.25, -0.2) is 4.39 Å². The second-order valence-electron chi connectivity index (χ2n) is 5.73. The maximum Gasteiger partial charge on any atom is 0.246 e. The molecule has 108 valence electrons. The van der Waals surface area contributed by atoms with E-state index < -0.39 is 5.60 Å². The molecule has 1 saturated heterocycles. The predicted octanol–water partition coefficient (Wildman–Crippen LogP) is 2.60. The van der Waals surface area contributed by atoms with E-state index in [1.165, 1.54) is 18.2 Å². The Morgan fingerprint density at radius 2 is 2.25 bits per heavy atom. The Bertz CT molecular complexity index is 519. The van der Waals surface area contributed by atoms with Gasteiger partial charge in [-0.15, -0.1) is 0 Å². The van der Waals surface area contributed by atoms with Gasteiger partial charge in [-0.3, -0.25) is 4.79 Å². The maximum atomic E-state index is 13.0. The molecule has 0 radical (unpaired) electrons. The van der Waals surface area contributed by atoms with Crippen LogP contribution < -0.4 is 0 Å². The highest BCUT2D eigenvalue weighted by molar-refractivity contribution is 5.92. The average Bonchev–Trinajstić information content (AvgIpc) is 2.85. The first-order valence-electron chi connectivity index (χ1n) is 6.84. The van der Waals surface area contributed by atoms with Crippen LogP contribution in [0.3, 0.4) is 0 Å². The van der Waals surface area contributed by atoms with Gasteiger partial charge in [0.2, 0.25) is 5.91 Å². The van der Waals surface area contributed by atoms with Crippen LogP contribution in [0.4, 0.5) is 4.39 Å². The van der Waals surface area contributed by atoms with Crippen molar-refractivity contribution in [3.63, 3.8) is 0 Å². The van der Waals surface area contributed by atoms with E-state index in [4.69, 9.17) is 0 Å². The minimum Gasteiger partial charge on any atom is -0.388 e. The Kier molecular flexibility index (Phi) is 4.23. The van der Waals surface area contributed by atoms with Crippen molar-refractivity contribution in [2.75, 3.05) is 6.54 Å². The standard InChI is InChI=1S/C16H20FNO2/c1-16(2,20)14-7-4-10-18(14)15(19)9-8-12-5-3-6-13(17)11-12/h3,5-6,8-9,11,14,20H,4,7,10H2,1-2H3/b9-8+. The van der Waals surface area contributed by atoms with E-state index in [1.807, 2.05) is 0 Å². The normalized spacial score (nSPS) is 19.8. The Morgan fingerprint density at radius 3 is 2.90 bits per heavy atom. The zero-order chi connectivity index (χ0) is 14.8. The summed E-state index contributed by atoms with van der Waals surface area (Å²) in [4.78, 5) is 13.9. The first-order valence-corrected chi connectivity index (χ1v) is 6.84. The summed E-state index contributed by atoms with van der Waals surface area (Å²) in [6.45, 7) is 4.10. The molecule has 20 heavy (non-hydrogen) atoms. The van der Waals surface area contributed by atoms with E-state index in [9.17, 15) is 14.3 Å². The third kappa shape index (κ3) is 3.45. The summed E-state index contributed by atoms with van der Waals surface area (Å²) in [5, 5.41) is 10.1. The van der Waals surface area contributed by atoms with Crippen molar-refractivity contribution < 1.29 is 14.3 Å². The molecule has 1 aliphatic heterocycles. The quantitative estimate of drug-likeness (QED) is 0.863. The van der Waals surface area contributed by atoms with Crippen molar-refractivity contribution in [3.05, 3.63) is 41.7 Å². The molecule has 3 nitrogen and oxygen atoms in total. The van der Waals surface area contributed by atoms with Gasteiger partial charge in [-0.1, -0.05) is 12.1 Å². The Hall–Kier alpha value is -1.68. The van der Waals surface area contributed by atoms with E-state index in [0.29, 0.717) is 12.1 Å². The zero-order valence-electron chi connectivity index (χ0n) is 11.8. The first kappa shape index (κ1) is 14.7. The van der Waals surface area contributed by atoms with E-state index >= 15 is 0 Å². The molecule has 1 aromatic carbocycles. The van der Waals surface area contributed by atoms with Crippen LogP contribution in [0, 0.1) is 5.82 Å². The van der Waals surface area contributed by atoms with Crippen molar-refractivity contribution in [2.24, 2.45) is 0 Å². The number of halogens is 1. The van der Waals surface area contributed by atoms with Crippen molar-refractivity contribution in [1.82, 2.24) is 4.90 Å². The molecule has 0 aromatic heterocycles. The number of hydrogen-bond donors (Lipinski definition) is 1. The highest BCUT2D eigenvalue weighted by Gasteiger charge is 2.37. The maximum absolute atomic E-state index is 13.0. The van der Waals surface area contributed by atoms with Crippen LogP contribution in [0.1, 0.15) is 32.3 Å². The van der Waals surface area contributed by atoms with Gasteiger partial charge in [-0.05, 0) is 50.5 Å².